The van der Waals surface area contributed by atoms with Crippen molar-refractivity contribution < 1.29 is 9.53 Å². The van der Waals surface area contributed by atoms with Gasteiger partial charge < -0.3 is 4.74 Å². The van der Waals surface area contributed by atoms with E-state index in [2.05, 4.69) is 26.0 Å². The molecule has 0 fully saturated rings. The smallest absolute Gasteiger partial charge is 0.329 e. The van der Waals surface area contributed by atoms with Gasteiger partial charge in [0.05, 0.1) is 15.6 Å². The molecule has 1 aromatic rings. The summed E-state index contributed by atoms with van der Waals surface area (Å²) in [4.78, 5) is 12.0. The number of ether oxygens (including phenoxy) is 1. The molecule has 2 nitrogen and oxygen atoms in total. The number of rotatable bonds is 5. The van der Waals surface area contributed by atoms with Crippen LogP contribution in [0.4, 0.5) is 0 Å². The van der Waals surface area contributed by atoms with Crippen LogP contribution in [0.2, 0.25) is 0 Å². The minimum Gasteiger partial charge on any atom is -0.460 e. The third kappa shape index (κ3) is 5.32. The Labute approximate surface area is 112 Å². The van der Waals surface area contributed by atoms with E-state index in [0.717, 1.165) is 5.20 Å². The Bertz CT molecular complexity index is 408. The molecule has 0 aliphatic carbocycles. The molecule has 0 heterocycles. The van der Waals surface area contributed by atoms with Gasteiger partial charge >= 0.3 is 5.97 Å². The zero-order valence-corrected chi connectivity index (χ0v) is 13.1. The van der Waals surface area contributed by atoms with Crippen LogP contribution < -0.4 is 5.19 Å². The summed E-state index contributed by atoms with van der Waals surface area (Å²) in [6.07, 6.45) is 1.99. The highest BCUT2D eigenvalue weighted by Gasteiger charge is 2.14. The molecule has 0 unspecified atom stereocenters. The molecule has 0 spiro atoms. The molecule has 0 amide bonds. The molecule has 1 rings (SSSR count). The SMILES string of the molecule is CC(C)C=C([SiH2]c1ccccc1)C(=O)OC(C)C. The van der Waals surface area contributed by atoms with Gasteiger partial charge in [-0.25, -0.2) is 4.79 Å². The highest BCUT2D eigenvalue weighted by molar-refractivity contribution is 6.66. The van der Waals surface area contributed by atoms with Gasteiger partial charge in [0, 0.05) is 5.20 Å². The molecule has 0 atom stereocenters. The minimum absolute atomic E-state index is 0.0576. The van der Waals surface area contributed by atoms with Gasteiger partial charge in [-0.2, -0.15) is 0 Å². The summed E-state index contributed by atoms with van der Waals surface area (Å²) < 4.78 is 5.31. The summed E-state index contributed by atoms with van der Waals surface area (Å²) in [5.74, 6) is 0.227. The summed E-state index contributed by atoms with van der Waals surface area (Å²) in [5, 5.41) is 2.15. The fourth-order valence-electron chi connectivity index (χ4n) is 1.71. The maximum absolute atomic E-state index is 12.0. The number of carbonyl (C=O) groups is 1. The largest absolute Gasteiger partial charge is 0.460 e. The second-order valence-corrected chi connectivity index (χ2v) is 6.98. The Morgan fingerprint density at radius 1 is 1.17 bits per heavy atom. The summed E-state index contributed by atoms with van der Waals surface area (Å²) in [6.45, 7) is 7.94. The van der Waals surface area contributed by atoms with Gasteiger partial charge in [-0.1, -0.05) is 55.4 Å². The molecule has 98 valence electrons. The van der Waals surface area contributed by atoms with Crippen LogP contribution in [0.3, 0.4) is 0 Å². The molecule has 18 heavy (non-hydrogen) atoms. The lowest BCUT2D eigenvalue weighted by molar-refractivity contribution is -0.141. The van der Waals surface area contributed by atoms with Crippen molar-refractivity contribution in [1.29, 1.82) is 0 Å². The number of allylic oxidation sites excluding steroid dienone is 1. The van der Waals surface area contributed by atoms with Crippen molar-refractivity contribution in [2.45, 2.75) is 33.8 Å². The van der Waals surface area contributed by atoms with E-state index in [9.17, 15) is 4.79 Å². The van der Waals surface area contributed by atoms with Crippen molar-refractivity contribution in [3.63, 3.8) is 0 Å². The Hall–Kier alpha value is -1.35. The first-order valence-electron chi connectivity index (χ1n) is 6.44. The summed E-state index contributed by atoms with van der Waals surface area (Å²) in [5.41, 5.74) is 0. The van der Waals surface area contributed by atoms with Crippen LogP contribution in [0.1, 0.15) is 27.7 Å². The van der Waals surface area contributed by atoms with Crippen molar-refractivity contribution in [3.05, 3.63) is 41.6 Å². The normalized spacial score (nSPS) is 12.7. The molecule has 0 saturated heterocycles. The lowest BCUT2D eigenvalue weighted by Crippen LogP contribution is -2.25. The molecule has 0 saturated carbocycles. The quantitative estimate of drug-likeness (QED) is 0.461. The van der Waals surface area contributed by atoms with E-state index in [1.165, 1.54) is 5.19 Å². The first kappa shape index (κ1) is 14.7. The van der Waals surface area contributed by atoms with Gasteiger partial charge in [0.2, 0.25) is 0 Å². The maximum atomic E-state index is 12.0. The Morgan fingerprint density at radius 2 is 1.78 bits per heavy atom. The van der Waals surface area contributed by atoms with E-state index in [-0.39, 0.29) is 12.1 Å². The third-order valence-electron chi connectivity index (χ3n) is 2.38. The number of hydrogen-bond donors (Lipinski definition) is 0. The zero-order valence-electron chi connectivity index (χ0n) is 11.6. The fraction of sp³-hybridized carbons (Fsp3) is 0.400. The lowest BCUT2D eigenvalue weighted by atomic mass is 10.2. The Morgan fingerprint density at radius 3 is 2.28 bits per heavy atom. The molecule has 0 bridgehead atoms. The van der Waals surface area contributed by atoms with Crippen LogP contribution in [-0.2, 0) is 9.53 Å². The first-order chi connectivity index (χ1) is 8.49. The maximum Gasteiger partial charge on any atom is 0.329 e. The van der Waals surface area contributed by atoms with Crippen molar-refractivity contribution in [2.24, 2.45) is 5.92 Å². The lowest BCUT2D eigenvalue weighted by Gasteiger charge is -2.12. The Balaban J connectivity index is 2.83. The second kappa shape index (κ2) is 7.16. The van der Waals surface area contributed by atoms with Crippen LogP contribution in [0.15, 0.2) is 41.6 Å². The predicted molar refractivity (Wildman–Crippen MR) is 78.8 cm³/mol. The highest BCUT2D eigenvalue weighted by Crippen LogP contribution is 2.05. The van der Waals surface area contributed by atoms with Gasteiger partial charge in [-0.15, -0.1) is 0 Å². The van der Waals surface area contributed by atoms with E-state index in [1.807, 2.05) is 38.1 Å². The van der Waals surface area contributed by atoms with Crippen molar-refractivity contribution >= 4 is 20.7 Å². The van der Waals surface area contributed by atoms with Gasteiger partial charge in [0.15, 0.2) is 0 Å². The highest BCUT2D eigenvalue weighted by atomic mass is 28.2. The topological polar surface area (TPSA) is 26.3 Å². The summed E-state index contributed by atoms with van der Waals surface area (Å²) in [6, 6.07) is 10.2. The molecule has 3 heteroatoms. The molecule has 0 aliphatic rings. The van der Waals surface area contributed by atoms with E-state index in [0.29, 0.717) is 5.92 Å². The van der Waals surface area contributed by atoms with Gasteiger partial charge in [0.1, 0.15) is 0 Å². The summed E-state index contributed by atoms with van der Waals surface area (Å²) in [7, 11) is -0.744. The van der Waals surface area contributed by atoms with Crippen LogP contribution in [-0.4, -0.2) is 21.6 Å². The second-order valence-electron chi connectivity index (χ2n) is 5.05. The Kier molecular flexibility index (Phi) is 5.85. The first-order valence-corrected chi connectivity index (χ1v) is 7.86. The van der Waals surface area contributed by atoms with E-state index >= 15 is 0 Å². The van der Waals surface area contributed by atoms with Crippen LogP contribution in [0.25, 0.3) is 0 Å². The van der Waals surface area contributed by atoms with Gasteiger partial charge in [0.25, 0.3) is 0 Å². The standard InChI is InChI=1S/C15H22O2Si/c1-11(2)10-14(15(16)17-12(3)4)18-13-8-6-5-7-9-13/h5-12H,18H2,1-4H3. The third-order valence-corrected chi connectivity index (χ3v) is 4.16. The van der Waals surface area contributed by atoms with Crippen molar-refractivity contribution in [1.82, 2.24) is 0 Å². The number of carbonyl (C=O) groups excluding carboxylic acids is 1. The van der Waals surface area contributed by atoms with E-state index < -0.39 is 9.52 Å². The van der Waals surface area contributed by atoms with E-state index in [4.69, 9.17) is 4.74 Å². The van der Waals surface area contributed by atoms with Gasteiger partial charge in [-0.3, -0.25) is 0 Å². The average Bonchev–Trinajstić information content (AvgIpc) is 2.28. The molecule has 0 aliphatic heterocycles. The number of esters is 1. The molecule has 0 radical (unpaired) electrons. The van der Waals surface area contributed by atoms with Crippen LogP contribution >= 0.6 is 0 Å². The number of benzene rings is 1. The zero-order chi connectivity index (χ0) is 13.5. The van der Waals surface area contributed by atoms with Gasteiger partial charge in [-0.05, 0) is 19.8 Å². The van der Waals surface area contributed by atoms with Crippen LogP contribution in [0, 0.1) is 5.92 Å². The molecular weight excluding hydrogens is 240 g/mol. The summed E-state index contributed by atoms with van der Waals surface area (Å²) >= 11 is 0. The molecule has 0 aromatic heterocycles. The van der Waals surface area contributed by atoms with E-state index in [1.54, 1.807) is 0 Å². The predicted octanol–water partition coefficient (Wildman–Crippen LogP) is 1.97. The molecule has 0 N–H and O–H groups in total. The minimum atomic E-state index is -0.744. The molecule has 1 aromatic carbocycles. The van der Waals surface area contributed by atoms with Crippen molar-refractivity contribution in [3.8, 4) is 0 Å². The average molecular weight is 262 g/mol. The monoisotopic (exact) mass is 262 g/mol. The number of hydrogen-bond acceptors (Lipinski definition) is 2. The van der Waals surface area contributed by atoms with Crippen LogP contribution in [0.5, 0.6) is 0 Å². The van der Waals surface area contributed by atoms with Crippen molar-refractivity contribution in [2.75, 3.05) is 0 Å². The molecular formula is C15H22O2Si. The fourth-order valence-corrected chi connectivity index (χ4v) is 3.47.